The molecule has 3 nitrogen and oxygen atoms in total. The number of alkyl halides is 2. The van der Waals surface area contributed by atoms with Crippen LogP contribution in [-0.2, 0) is 9.84 Å². The highest BCUT2D eigenvalue weighted by atomic mass is 32.2. The zero-order chi connectivity index (χ0) is 15.6. The molecular weight excluding hydrogens is 298 g/mol. The van der Waals surface area contributed by atoms with E-state index in [1.54, 1.807) is 0 Å². The molecule has 21 heavy (non-hydrogen) atoms. The zero-order valence-corrected chi connectivity index (χ0v) is 12.7. The fourth-order valence-corrected chi connectivity index (χ4v) is 4.16. The highest BCUT2D eigenvalue weighted by Crippen LogP contribution is 2.37. The summed E-state index contributed by atoms with van der Waals surface area (Å²) in [6, 6.07) is 5.60. The standard InChI is InChI=1S/C15H20F2O3S/c1-21(19,20)13-4-2-3-12(9-13)14(18)10-5-7-11(8-6-10)15(16)17/h5-8,12-15,18H,2-4,9H2,1H3. The maximum atomic E-state index is 12.5. The summed E-state index contributed by atoms with van der Waals surface area (Å²) in [5.74, 6) is -0.143. The van der Waals surface area contributed by atoms with Crippen LogP contribution in [0.15, 0.2) is 24.3 Å². The third-order valence-electron chi connectivity index (χ3n) is 4.25. The van der Waals surface area contributed by atoms with Gasteiger partial charge in [0, 0.05) is 11.8 Å². The number of aliphatic hydroxyl groups is 1. The van der Waals surface area contributed by atoms with Crippen LogP contribution in [0.1, 0.15) is 49.3 Å². The van der Waals surface area contributed by atoms with Gasteiger partial charge in [-0.25, -0.2) is 17.2 Å². The van der Waals surface area contributed by atoms with Gasteiger partial charge in [-0.05, 0) is 30.7 Å². The van der Waals surface area contributed by atoms with E-state index in [2.05, 4.69) is 0 Å². The first-order chi connectivity index (χ1) is 9.79. The molecule has 1 N–H and O–H groups in total. The van der Waals surface area contributed by atoms with Crippen molar-refractivity contribution in [1.29, 1.82) is 0 Å². The van der Waals surface area contributed by atoms with E-state index in [1.807, 2.05) is 0 Å². The van der Waals surface area contributed by atoms with Gasteiger partial charge in [-0.15, -0.1) is 0 Å². The van der Waals surface area contributed by atoms with E-state index in [1.165, 1.54) is 30.5 Å². The average molecular weight is 318 g/mol. The maximum Gasteiger partial charge on any atom is 0.263 e. The number of aliphatic hydroxyl groups excluding tert-OH is 1. The summed E-state index contributed by atoms with van der Waals surface area (Å²) in [7, 11) is -3.10. The van der Waals surface area contributed by atoms with Gasteiger partial charge in [0.25, 0.3) is 6.43 Å². The summed E-state index contributed by atoms with van der Waals surface area (Å²) < 4.78 is 48.3. The number of halogens is 2. The van der Waals surface area contributed by atoms with Crippen molar-refractivity contribution >= 4 is 9.84 Å². The van der Waals surface area contributed by atoms with Gasteiger partial charge in [0.15, 0.2) is 0 Å². The Hall–Kier alpha value is -1.01. The first-order valence-corrected chi connectivity index (χ1v) is 8.99. The summed E-state index contributed by atoms with van der Waals surface area (Å²) >= 11 is 0. The minimum absolute atomic E-state index is 0.0800. The molecule has 6 heteroatoms. The van der Waals surface area contributed by atoms with E-state index in [-0.39, 0.29) is 11.5 Å². The van der Waals surface area contributed by atoms with Crippen LogP contribution in [-0.4, -0.2) is 25.0 Å². The second-order valence-corrected chi connectivity index (χ2v) is 8.12. The van der Waals surface area contributed by atoms with E-state index < -0.39 is 27.6 Å². The van der Waals surface area contributed by atoms with Gasteiger partial charge >= 0.3 is 0 Å². The van der Waals surface area contributed by atoms with E-state index in [9.17, 15) is 22.3 Å². The maximum absolute atomic E-state index is 12.5. The molecule has 3 unspecified atom stereocenters. The third kappa shape index (κ3) is 4.01. The number of sulfone groups is 1. The Morgan fingerprint density at radius 2 is 1.71 bits per heavy atom. The molecule has 1 aromatic rings. The first kappa shape index (κ1) is 16.4. The molecule has 0 heterocycles. The average Bonchev–Trinajstić information content (AvgIpc) is 2.46. The second kappa shape index (κ2) is 6.40. The van der Waals surface area contributed by atoms with Crippen molar-refractivity contribution in [2.75, 3.05) is 6.26 Å². The lowest BCUT2D eigenvalue weighted by atomic mass is 9.82. The number of benzene rings is 1. The van der Waals surface area contributed by atoms with Gasteiger partial charge in [-0.3, -0.25) is 0 Å². The Morgan fingerprint density at radius 3 is 2.24 bits per heavy atom. The predicted molar refractivity (Wildman–Crippen MR) is 76.9 cm³/mol. The number of hydrogen-bond donors (Lipinski definition) is 1. The van der Waals surface area contributed by atoms with Crippen LogP contribution >= 0.6 is 0 Å². The molecule has 118 valence electrons. The van der Waals surface area contributed by atoms with Crippen LogP contribution in [0, 0.1) is 5.92 Å². The van der Waals surface area contributed by atoms with Crippen molar-refractivity contribution in [3.05, 3.63) is 35.4 Å². The summed E-state index contributed by atoms with van der Waals surface area (Å²) in [4.78, 5) is 0. The van der Waals surface area contributed by atoms with Crippen molar-refractivity contribution in [3.63, 3.8) is 0 Å². The lowest BCUT2D eigenvalue weighted by Crippen LogP contribution is -2.30. The Morgan fingerprint density at radius 1 is 1.14 bits per heavy atom. The summed E-state index contributed by atoms with van der Waals surface area (Å²) in [5.41, 5.74) is 0.488. The minimum Gasteiger partial charge on any atom is -0.388 e. The van der Waals surface area contributed by atoms with Crippen LogP contribution in [0.3, 0.4) is 0 Å². The second-order valence-electron chi connectivity index (χ2n) is 5.79. The van der Waals surface area contributed by atoms with Gasteiger partial charge in [-0.2, -0.15) is 0 Å². The van der Waals surface area contributed by atoms with Crippen LogP contribution in [0.25, 0.3) is 0 Å². The Kier molecular flexibility index (Phi) is 4.99. The number of rotatable bonds is 4. The molecule has 0 radical (unpaired) electrons. The molecule has 0 spiro atoms. The SMILES string of the molecule is CS(=O)(=O)C1CCCC(C(O)c2ccc(C(F)F)cc2)C1. The molecule has 0 amide bonds. The van der Waals surface area contributed by atoms with Gasteiger partial charge in [-0.1, -0.05) is 30.7 Å². The summed E-state index contributed by atoms with van der Waals surface area (Å²) in [6.45, 7) is 0. The Balaban J connectivity index is 2.10. The molecule has 0 aromatic heterocycles. The minimum atomic E-state index is -3.10. The highest BCUT2D eigenvalue weighted by molar-refractivity contribution is 7.91. The topological polar surface area (TPSA) is 54.4 Å². The lowest BCUT2D eigenvalue weighted by Gasteiger charge is -2.31. The predicted octanol–water partition coefficient (Wildman–Crippen LogP) is 3.26. The fraction of sp³-hybridized carbons (Fsp3) is 0.600. The first-order valence-electron chi connectivity index (χ1n) is 7.04. The van der Waals surface area contributed by atoms with Gasteiger partial charge in [0.1, 0.15) is 9.84 Å². The van der Waals surface area contributed by atoms with Crippen LogP contribution in [0.2, 0.25) is 0 Å². The molecule has 1 aliphatic carbocycles. The molecular formula is C15H20F2O3S. The monoisotopic (exact) mass is 318 g/mol. The summed E-state index contributed by atoms with van der Waals surface area (Å²) in [6.07, 6.45) is 0.465. The van der Waals surface area contributed by atoms with Crippen molar-refractivity contribution in [2.24, 2.45) is 5.92 Å². The van der Waals surface area contributed by atoms with E-state index in [0.717, 1.165) is 12.8 Å². The van der Waals surface area contributed by atoms with E-state index >= 15 is 0 Å². The van der Waals surface area contributed by atoms with Crippen molar-refractivity contribution in [1.82, 2.24) is 0 Å². The zero-order valence-electron chi connectivity index (χ0n) is 11.9. The smallest absolute Gasteiger partial charge is 0.263 e. The molecule has 1 aliphatic rings. The molecule has 3 atom stereocenters. The normalized spacial score (nSPS) is 25.0. The van der Waals surface area contributed by atoms with E-state index in [4.69, 9.17) is 0 Å². The van der Waals surface area contributed by atoms with Gasteiger partial charge < -0.3 is 5.11 Å². The van der Waals surface area contributed by atoms with Crippen molar-refractivity contribution in [2.45, 2.75) is 43.5 Å². The lowest BCUT2D eigenvalue weighted by molar-refractivity contribution is 0.0855. The molecule has 1 aromatic carbocycles. The fourth-order valence-electron chi connectivity index (χ4n) is 2.97. The van der Waals surface area contributed by atoms with Crippen molar-refractivity contribution in [3.8, 4) is 0 Å². The molecule has 0 aliphatic heterocycles. The molecule has 1 fully saturated rings. The van der Waals surface area contributed by atoms with Crippen LogP contribution in [0.5, 0.6) is 0 Å². The van der Waals surface area contributed by atoms with Gasteiger partial charge in [0.2, 0.25) is 0 Å². The largest absolute Gasteiger partial charge is 0.388 e. The van der Waals surface area contributed by atoms with E-state index in [0.29, 0.717) is 18.4 Å². The summed E-state index contributed by atoms with van der Waals surface area (Å²) in [5, 5.41) is 9.97. The van der Waals surface area contributed by atoms with Gasteiger partial charge in [0.05, 0.1) is 11.4 Å². The molecule has 0 bridgehead atoms. The third-order valence-corrected chi connectivity index (χ3v) is 5.89. The molecule has 0 saturated heterocycles. The quantitative estimate of drug-likeness (QED) is 0.927. The van der Waals surface area contributed by atoms with Crippen molar-refractivity contribution < 1.29 is 22.3 Å². The number of hydrogen-bond acceptors (Lipinski definition) is 3. The molecule has 1 saturated carbocycles. The molecule has 2 rings (SSSR count). The van der Waals surface area contributed by atoms with Crippen LogP contribution < -0.4 is 0 Å². The highest BCUT2D eigenvalue weighted by Gasteiger charge is 2.32. The Labute approximate surface area is 123 Å². The Bertz CT molecular complexity index is 569. The van der Waals surface area contributed by atoms with Crippen LogP contribution in [0.4, 0.5) is 8.78 Å².